The first kappa shape index (κ1) is 21.0. The van der Waals surface area contributed by atoms with Gasteiger partial charge in [0.25, 0.3) is 0 Å². The second kappa shape index (κ2) is 9.57. The van der Waals surface area contributed by atoms with E-state index in [1.54, 1.807) is 24.3 Å². The maximum absolute atomic E-state index is 13.5. The summed E-state index contributed by atoms with van der Waals surface area (Å²) in [6, 6.07) is 12.1. The molecule has 3 N–H and O–H groups in total. The summed E-state index contributed by atoms with van der Waals surface area (Å²) in [5.74, 6) is -1.83. The Hall–Kier alpha value is -3.32. The second-order valence-electron chi connectivity index (χ2n) is 5.78. The number of nitrogens with zero attached hydrogens (tertiary/aromatic N) is 1. The number of benzene rings is 2. The van der Waals surface area contributed by atoms with Crippen LogP contribution in [0.2, 0.25) is 5.02 Å². The van der Waals surface area contributed by atoms with Gasteiger partial charge in [-0.3, -0.25) is 19.9 Å². The third-order valence-corrected chi connectivity index (χ3v) is 4.03. The Labute approximate surface area is 166 Å². The van der Waals surface area contributed by atoms with Crippen molar-refractivity contribution in [2.24, 2.45) is 0 Å². The van der Waals surface area contributed by atoms with Gasteiger partial charge in [0.15, 0.2) is 0 Å². The lowest BCUT2D eigenvalue weighted by atomic mass is 10.1. The minimum atomic E-state index is -0.555. The summed E-state index contributed by atoms with van der Waals surface area (Å²) < 4.78 is 13.5. The summed E-state index contributed by atoms with van der Waals surface area (Å²) in [4.78, 5) is 25.1. The highest BCUT2D eigenvalue weighted by atomic mass is 35.5. The zero-order valence-electron chi connectivity index (χ0n) is 15.0. The number of hydrogen-bond acceptors (Lipinski definition) is 4. The molecular formula is C20H18ClFN4O2. The predicted octanol–water partition coefficient (Wildman–Crippen LogP) is 3.70. The molecule has 2 aromatic rings. The molecule has 0 heterocycles. The first-order valence-corrected chi connectivity index (χ1v) is 8.60. The molecule has 0 fully saturated rings. The van der Waals surface area contributed by atoms with E-state index in [1.807, 2.05) is 0 Å². The maximum Gasteiger partial charge on any atom is 0.229 e. The molecule has 0 aromatic heterocycles. The Morgan fingerprint density at radius 3 is 2.54 bits per heavy atom. The lowest BCUT2D eigenvalue weighted by Crippen LogP contribution is -2.35. The fourth-order valence-corrected chi connectivity index (χ4v) is 2.65. The first-order valence-electron chi connectivity index (χ1n) is 8.22. The first-order chi connectivity index (χ1) is 13.3. The molecule has 28 heavy (non-hydrogen) atoms. The van der Waals surface area contributed by atoms with Gasteiger partial charge in [-0.15, -0.1) is 0 Å². The molecule has 8 heteroatoms. The van der Waals surface area contributed by atoms with E-state index in [0.29, 0.717) is 10.6 Å². The van der Waals surface area contributed by atoms with Crippen LogP contribution in [0, 0.1) is 16.6 Å². The number of allylic oxidation sites excluding steroid dienone is 1. The van der Waals surface area contributed by atoms with Crippen LogP contribution in [0.15, 0.2) is 60.3 Å². The van der Waals surface area contributed by atoms with Gasteiger partial charge in [-0.1, -0.05) is 35.9 Å². The molecular weight excluding hydrogens is 383 g/mol. The van der Waals surface area contributed by atoms with Crippen molar-refractivity contribution < 1.29 is 14.0 Å². The molecule has 0 aliphatic rings. The number of carbonyl (C=O) groups is 2. The highest BCUT2D eigenvalue weighted by Crippen LogP contribution is 2.17. The van der Waals surface area contributed by atoms with Crippen LogP contribution in [0.5, 0.6) is 0 Å². The molecule has 2 rings (SSSR count). The third kappa shape index (κ3) is 5.59. The van der Waals surface area contributed by atoms with Crippen LogP contribution in [0.3, 0.4) is 0 Å². The molecule has 0 saturated heterocycles. The zero-order chi connectivity index (χ0) is 20.7. The fraction of sp³-hybridized carbons (Fsp3) is 0.100. The van der Waals surface area contributed by atoms with E-state index in [4.69, 9.17) is 22.4 Å². The van der Waals surface area contributed by atoms with Crippen LogP contribution in [0.4, 0.5) is 10.1 Å². The van der Waals surface area contributed by atoms with Crippen molar-refractivity contribution in [2.45, 2.75) is 13.3 Å². The van der Waals surface area contributed by atoms with Gasteiger partial charge in [0.05, 0.1) is 17.8 Å². The van der Waals surface area contributed by atoms with Crippen molar-refractivity contribution in [2.75, 3.05) is 4.90 Å². The largest absolute Gasteiger partial charge is 0.324 e. The molecule has 0 spiro atoms. The number of halogens is 2. The zero-order valence-corrected chi connectivity index (χ0v) is 15.8. The van der Waals surface area contributed by atoms with Crippen molar-refractivity contribution in [1.82, 2.24) is 5.32 Å². The Balaban J connectivity index is 2.18. The molecule has 144 valence electrons. The van der Waals surface area contributed by atoms with Crippen molar-refractivity contribution in [3.63, 3.8) is 0 Å². The minimum Gasteiger partial charge on any atom is -0.324 e. The van der Waals surface area contributed by atoms with E-state index in [2.05, 4.69) is 5.32 Å². The second-order valence-corrected chi connectivity index (χ2v) is 6.19. The molecule has 6 nitrogen and oxygen atoms in total. The Morgan fingerprint density at radius 1 is 1.21 bits per heavy atom. The van der Waals surface area contributed by atoms with Gasteiger partial charge >= 0.3 is 0 Å². The van der Waals surface area contributed by atoms with Gasteiger partial charge in [-0.2, -0.15) is 0 Å². The van der Waals surface area contributed by atoms with E-state index in [1.165, 1.54) is 25.1 Å². The summed E-state index contributed by atoms with van der Waals surface area (Å²) in [5.41, 5.74) is 0.788. The summed E-state index contributed by atoms with van der Waals surface area (Å²) >= 11 is 6.03. The van der Waals surface area contributed by atoms with E-state index >= 15 is 0 Å². The lowest BCUT2D eigenvalue weighted by molar-refractivity contribution is -0.119. The molecule has 2 aromatic carbocycles. The van der Waals surface area contributed by atoms with Gasteiger partial charge < -0.3 is 10.7 Å². The van der Waals surface area contributed by atoms with Crippen molar-refractivity contribution in [1.29, 1.82) is 10.8 Å². The van der Waals surface area contributed by atoms with Gasteiger partial charge in [0.1, 0.15) is 11.7 Å². The standard InChI is InChI=1S/C20H18ClFN4O2/c1-13(27)26(17-7-4-6-15(22)10-17)19(24)11-16(12-23)25-20(28)9-14-5-2-3-8-18(14)21/h2-8,10-12,23-24H,9H2,1H3,(H,25,28)/b16-11+,23-12?,24-19?. The van der Waals surface area contributed by atoms with Gasteiger partial charge in [0, 0.05) is 24.2 Å². The van der Waals surface area contributed by atoms with Crippen LogP contribution in [0.1, 0.15) is 12.5 Å². The summed E-state index contributed by atoms with van der Waals surface area (Å²) in [6.07, 6.45) is 1.98. The van der Waals surface area contributed by atoms with Crippen LogP contribution in [0.25, 0.3) is 0 Å². The molecule has 0 bridgehead atoms. The highest BCUT2D eigenvalue weighted by molar-refractivity contribution is 6.31. The molecule has 0 aliphatic heterocycles. The van der Waals surface area contributed by atoms with Crippen LogP contribution >= 0.6 is 11.6 Å². The number of anilines is 1. The number of amidine groups is 1. The average molecular weight is 401 g/mol. The van der Waals surface area contributed by atoms with Gasteiger partial charge in [-0.25, -0.2) is 4.39 Å². The average Bonchev–Trinajstić information content (AvgIpc) is 2.63. The van der Waals surface area contributed by atoms with Crippen molar-refractivity contribution in [3.05, 3.63) is 76.7 Å². The quantitative estimate of drug-likeness (QED) is 0.509. The van der Waals surface area contributed by atoms with E-state index in [9.17, 15) is 14.0 Å². The molecule has 0 unspecified atom stereocenters. The van der Waals surface area contributed by atoms with Crippen LogP contribution in [-0.4, -0.2) is 23.9 Å². The van der Waals surface area contributed by atoms with Gasteiger partial charge in [-0.05, 0) is 29.8 Å². The molecule has 0 aliphatic carbocycles. The molecule has 0 atom stereocenters. The fourth-order valence-electron chi connectivity index (χ4n) is 2.45. The Morgan fingerprint density at radius 2 is 1.93 bits per heavy atom. The van der Waals surface area contributed by atoms with Crippen LogP contribution in [-0.2, 0) is 16.0 Å². The number of nitrogens with one attached hydrogen (secondary N) is 3. The minimum absolute atomic E-state index is 0.00436. The van der Waals surface area contributed by atoms with Gasteiger partial charge in [0.2, 0.25) is 11.8 Å². The maximum atomic E-state index is 13.5. The number of amides is 2. The molecule has 0 saturated carbocycles. The summed E-state index contributed by atoms with van der Waals surface area (Å²) in [5, 5.41) is 18.6. The van der Waals surface area contributed by atoms with E-state index < -0.39 is 17.6 Å². The molecule has 0 radical (unpaired) electrons. The smallest absolute Gasteiger partial charge is 0.229 e. The third-order valence-electron chi connectivity index (χ3n) is 3.66. The van der Waals surface area contributed by atoms with Crippen molar-refractivity contribution >= 4 is 41.2 Å². The normalized spacial score (nSPS) is 10.9. The predicted molar refractivity (Wildman–Crippen MR) is 107 cm³/mol. The number of rotatable bonds is 6. The monoisotopic (exact) mass is 400 g/mol. The summed E-state index contributed by atoms with van der Waals surface area (Å²) in [7, 11) is 0. The summed E-state index contributed by atoms with van der Waals surface area (Å²) in [6.45, 7) is 1.23. The SMILES string of the molecule is CC(=O)N(C(=N)/C=C(\C=N)NC(=O)Cc1ccccc1Cl)c1cccc(F)c1. The van der Waals surface area contributed by atoms with Crippen molar-refractivity contribution in [3.8, 4) is 0 Å². The number of carbonyl (C=O) groups excluding carboxylic acids is 2. The van der Waals surface area contributed by atoms with E-state index in [-0.39, 0.29) is 23.6 Å². The highest BCUT2D eigenvalue weighted by Gasteiger charge is 2.17. The number of hydrogen-bond donors (Lipinski definition) is 3. The van der Waals surface area contributed by atoms with E-state index in [0.717, 1.165) is 23.3 Å². The van der Waals surface area contributed by atoms with Crippen LogP contribution < -0.4 is 10.2 Å². The topological polar surface area (TPSA) is 97.1 Å². The Bertz CT molecular complexity index is 959. The Kier molecular flexibility index (Phi) is 7.17. The lowest BCUT2D eigenvalue weighted by Gasteiger charge is -2.20. The molecule has 2 amide bonds.